The van der Waals surface area contributed by atoms with E-state index in [1.165, 1.54) is 36.2 Å². The Morgan fingerprint density at radius 2 is 1.81 bits per heavy atom. The van der Waals surface area contributed by atoms with Gasteiger partial charge in [0.1, 0.15) is 11.3 Å². The van der Waals surface area contributed by atoms with Gasteiger partial charge in [0.05, 0.1) is 5.69 Å². The molecule has 2 N–H and O–H groups in total. The predicted molar refractivity (Wildman–Crippen MR) is 140 cm³/mol. The Kier molecular flexibility index (Phi) is 8.89. The quantitative estimate of drug-likeness (QED) is 0.383. The number of hydrogen-bond donors (Lipinski definition) is 2. The van der Waals surface area contributed by atoms with Crippen molar-refractivity contribution in [3.8, 4) is 5.75 Å². The molecule has 1 amide bonds. The minimum atomic E-state index is -3.93. The van der Waals surface area contributed by atoms with Crippen molar-refractivity contribution in [3.05, 3.63) is 69.3 Å². The molecule has 10 nitrogen and oxygen atoms in total. The molecule has 0 atom stereocenters. The highest BCUT2D eigenvalue weighted by Crippen LogP contribution is 2.28. The Bertz CT molecular complexity index is 1450. The van der Waals surface area contributed by atoms with Gasteiger partial charge in [0.15, 0.2) is 5.82 Å². The summed E-state index contributed by atoms with van der Waals surface area (Å²) in [4.78, 5) is 28.8. The van der Waals surface area contributed by atoms with Crippen molar-refractivity contribution in [1.29, 1.82) is 0 Å². The molecule has 0 radical (unpaired) electrons. The molecule has 0 spiro atoms. The summed E-state index contributed by atoms with van der Waals surface area (Å²) in [5.74, 6) is -0.568. The molecule has 0 bridgehead atoms. The van der Waals surface area contributed by atoms with Crippen molar-refractivity contribution < 1.29 is 26.8 Å². The van der Waals surface area contributed by atoms with Crippen LogP contribution in [0.3, 0.4) is 0 Å². The van der Waals surface area contributed by atoms with Gasteiger partial charge in [-0.2, -0.15) is 8.42 Å². The van der Waals surface area contributed by atoms with Crippen LogP contribution in [-0.2, 0) is 23.2 Å². The highest BCUT2D eigenvalue weighted by atomic mass is 32.2. The van der Waals surface area contributed by atoms with Crippen molar-refractivity contribution >= 4 is 33.0 Å². The minimum absolute atomic E-state index is 0.118. The summed E-state index contributed by atoms with van der Waals surface area (Å²) in [6.07, 6.45) is -0.637. The molecule has 0 fully saturated rings. The van der Waals surface area contributed by atoms with Crippen LogP contribution in [0.15, 0.2) is 45.6 Å². The lowest BCUT2D eigenvalue weighted by molar-refractivity contribution is 0.157. The fourth-order valence-corrected chi connectivity index (χ4v) is 4.40. The van der Waals surface area contributed by atoms with Crippen LogP contribution in [0.1, 0.15) is 30.5 Å². The number of halogens is 1. The zero-order valence-corrected chi connectivity index (χ0v) is 22.2. The summed E-state index contributed by atoms with van der Waals surface area (Å²) in [5.41, 5.74) is 0.294. The Labute approximate surface area is 215 Å². The molecule has 1 heterocycles. The van der Waals surface area contributed by atoms with E-state index in [1.807, 2.05) is 32.8 Å². The Morgan fingerprint density at radius 3 is 2.43 bits per heavy atom. The van der Waals surface area contributed by atoms with Crippen molar-refractivity contribution in [2.75, 3.05) is 39.0 Å². The normalized spacial score (nSPS) is 11.6. The van der Waals surface area contributed by atoms with Crippen LogP contribution >= 0.6 is 0 Å². The van der Waals surface area contributed by atoms with Gasteiger partial charge in [-0.1, -0.05) is 12.1 Å². The van der Waals surface area contributed by atoms with E-state index in [0.29, 0.717) is 30.6 Å². The Hall–Kier alpha value is -3.48. The van der Waals surface area contributed by atoms with Crippen LogP contribution < -0.4 is 19.8 Å². The van der Waals surface area contributed by atoms with E-state index < -0.39 is 27.7 Å². The number of nitrogens with zero attached hydrogens (tertiary/aromatic N) is 2. The molecule has 0 aliphatic heterocycles. The van der Waals surface area contributed by atoms with Crippen LogP contribution in [0, 0.1) is 5.82 Å². The van der Waals surface area contributed by atoms with Crippen LogP contribution in [0.4, 0.5) is 14.9 Å². The molecule has 0 aliphatic rings. The van der Waals surface area contributed by atoms with Crippen molar-refractivity contribution in [2.45, 2.75) is 26.8 Å². The first-order valence-electron chi connectivity index (χ1n) is 11.7. The van der Waals surface area contributed by atoms with Gasteiger partial charge in [0.2, 0.25) is 0 Å². The van der Waals surface area contributed by atoms with Crippen LogP contribution in [0.25, 0.3) is 11.0 Å². The third-order valence-electron chi connectivity index (χ3n) is 5.75. The van der Waals surface area contributed by atoms with Gasteiger partial charge in [0.25, 0.3) is 10.2 Å². The number of carbonyl (C=O) groups excluding carboxylic acids is 1. The van der Waals surface area contributed by atoms with E-state index >= 15 is 4.39 Å². The average molecular weight is 535 g/mol. The van der Waals surface area contributed by atoms with E-state index in [4.69, 9.17) is 9.15 Å². The molecule has 0 saturated heterocycles. The molecule has 0 aliphatic carbocycles. The van der Waals surface area contributed by atoms with Crippen molar-refractivity contribution in [2.24, 2.45) is 0 Å². The molecule has 3 aromatic rings. The first kappa shape index (κ1) is 28.1. The molecule has 2 aromatic carbocycles. The lowest BCUT2D eigenvalue weighted by Crippen LogP contribution is -2.33. The summed E-state index contributed by atoms with van der Waals surface area (Å²) >= 11 is 0. The largest absolute Gasteiger partial charge is 0.422 e. The summed E-state index contributed by atoms with van der Waals surface area (Å²) in [5, 5.41) is 0.610. The molecule has 200 valence electrons. The highest BCUT2D eigenvalue weighted by Gasteiger charge is 2.21. The number of hydrogen-bond acceptors (Lipinski definition) is 7. The van der Waals surface area contributed by atoms with Crippen LogP contribution in [-0.4, -0.2) is 58.5 Å². The second-order valence-electron chi connectivity index (χ2n) is 8.55. The second kappa shape index (κ2) is 11.7. The van der Waals surface area contributed by atoms with Crippen molar-refractivity contribution in [3.63, 3.8) is 0 Å². The van der Waals surface area contributed by atoms with E-state index in [-0.39, 0.29) is 34.6 Å². The second-order valence-corrected chi connectivity index (χ2v) is 10.2. The zero-order chi connectivity index (χ0) is 27.3. The van der Waals surface area contributed by atoms with Gasteiger partial charge < -0.3 is 19.0 Å². The van der Waals surface area contributed by atoms with Gasteiger partial charge in [-0.15, -0.1) is 0 Å². The Balaban J connectivity index is 2.06. The molecule has 3 rings (SSSR count). The first-order valence-corrected chi connectivity index (χ1v) is 13.2. The van der Waals surface area contributed by atoms with E-state index in [0.717, 1.165) is 0 Å². The molecule has 1 aromatic heterocycles. The number of amides is 1. The maximum absolute atomic E-state index is 15.2. The number of rotatable bonds is 10. The number of nitrogens with one attached hydrogen (secondary N) is 2. The zero-order valence-electron chi connectivity index (χ0n) is 21.4. The van der Waals surface area contributed by atoms with Gasteiger partial charge in [-0.25, -0.2) is 18.7 Å². The summed E-state index contributed by atoms with van der Waals surface area (Å²) in [6, 6.07) is 9.05. The Morgan fingerprint density at radius 1 is 1.11 bits per heavy atom. The minimum Gasteiger partial charge on any atom is -0.422 e. The van der Waals surface area contributed by atoms with E-state index in [1.54, 1.807) is 12.1 Å². The number of fused-ring (bicyclic) bond motifs is 1. The number of benzene rings is 2. The van der Waals surface area contributed by atoms with Crippen LogP contribution in [0.5, 0.6) is 5.75 Å². The molecule has 12 heteroatoms. The van der Waals surface area contributed by atoms with Crippen molar-refractivity contribution in [1.82, 2.24) is 14.5 Å². The highest BCUT2D eigenvalue weighted by molar-refractivity contribution is 7.90. The standard InChI is InChI=1S/C25H31FN4O6S/c1-6-30(7-2)25(32)35-17-11-12-18-20(15-29(4)5)19(24(31)36-22(18)14-17)13-16-9-8-10-21(23(16)26)28-37(33,34)27-3/h8-12,14,27-28H,6-7,13,15H2,1-5H3. The molecular weight excluding hydrogens is 503 g/mol. The van der Waals surface area contributed by atoms with E-state index in [9.17, 15) is 18.0 Å². The lowest BCUT2D eigenvalue weighted by atomic mass is 9.97. The van der Waals surface area contributed by atoms with Gasteiger partial charge >= 0.3 is 11.7 Å². The molecule has 37 heavy (non-hydrogen) atoms. The van der Waals surface area contributed by atoms with Gasteiger partial charge in [-0.05, 0) is 57.3 Å². The smallest absolute Gasteiger partial charge is 0.415 e. The van der Waals surface area contributed by atoms with Crippen LogP contribution in [0.2, 0.25) is 0 Å². The average Bonchev–Trinajstić information content (AvgIpc) is 2.83. The first-order chi connectivity index (χ1) is 17.5. The third kappa shape index (κ3) is 6.64. The predicted octanol–water partition coefficient (Wildman–Crippen LogP) is 3.30. The SMILES string of the molecule is CCN(CC)C(=O)Oc1ccc2c(CN(C)C)c(Cc3cccc(NS(=O)(=O)NC)c3F)c(=O)oc2c1. The summed E-state index contributed by atoms with van der Waals surface area (Å²) < 4.78 is 54.1. The summed E-state index contributed by atoms with van der Waals surface area (Å²) in [7, 11) is 0.932. The monoisotopic (exact) mass is 534 g/mol. The van der Waals surface area contributed by atoms with Gasteiger partial charge in [-0.3, -0.25) is 4.72 Å². The number of anilines is 1. The maximum Gasteiger partial charge on any atom is 0.415 e. The topological polar surface area (TPSA) is 121 Å². The maximum atomic E-state index is 15.2. The summed E-state index contributed by atoms with van der Waals surface area (Å²) in [6.45, 7) is 5.01. The number of carbonyl (C=O) groups is 1. The van der Waals surface area contributed by atoms with Gasteiger partial charge in [0, 0.05) is 50.1 Å². The third-order valence-corrected chi connectivity index (χ3v) is 6.78. The number of ether oxygens (including phenoxy) is 1. The fraction of sp³-hybridized carbons (Fsp3) is 0.360. The van der Waals surface area contributed by atoms with E-state index in [2.05, 4.69) is 9.44 Å². The fourth-order valence-electron chi connectivity index (χ4n) is 3.85. The lowest BCUT2D eigenvalue weighted by Gasteiger charge is -2.19. The molecular formula is C25H31FN4O6S. The molecule has 0 saturated carbocycles. The molecule has 0 unspecified atom stereocenters.